The van der Waals surface area contributed by atoms with E-state index in [-0.39, 0.29) is 18.0 Å². The van der Waals surface area contributed by atoms with Crippen LogP contribution in [0.4, 0.5) is 0 Å². The minimum atomic E-state index is -0.134. The molecule has 0 N–H and O–H groups in total. The average molecular weight is 262 g/mol. The standard InChI is InChI=1S/C16H22O3/c1-13(14-7-3-2-4-8-14)11-16(17)19-12-15-9-5-6-10-18-15/h2-4,7-8,13,15H,5-6,9-12H2,1H3. The molecule has 2 unspecified atom stereocenters. The molecular weight excluding hydrogens is 240 g/mol. The second kappa shape index (κ2) is 7.29. The van der Waals surface area contributed by atoms with Gasteiger partial charge in [0.1, 0.15) is 6.61 Å². The van der Waals surface area contributed by atoms with Crippen molar-refractivity contribution in [3.05, 3.63) is 35.9 Å². The molecule has 2 rings (SSSR count). The minimum Gasteiger partial charge on any atom is -0.463 e. The fraction of sp³-hybridized carbons (Fsp3) is 0.562. The van der Waals surface area contributed by atoms with Crippen LogP contribution in [-0.2, 0) is 14.3 Å². The van der Waals surface area contributed by atoms with Gasteiger partial charge in [0.05, 0.1) is 12.5 Å². The van der Waals surface area contributed by atoms with Gasteiger partial charge in [-0.2, -0.15) is 0 Å². The molecule has 0 saturated carbocycles. The van der Waals surface area contributed by atoms with E-state index in [0.29, 0.717) is 13.0 Å². The maximum Gasteiger partial charge on any atom is 0.306 e. The molecule has 0 radical (unpaired) electrons. The molecular formula is C16H22O3. The van der Waals surface area contributed by atoms with Crippen molar-refractivity contribution in [1.82, 2.24) is 0 Å². The molecule has 1 aliphatic rings. The molecule has 0 aromatic heterocycles. The van der Waals surface area contributed by atoms with Crippen LogP contribution in [0.15, 0.2) is 30.3 Å². The topological polar surface area (TPSA) is 35.5 Å². The summed E-state index contributed by atoms with van der Waals surface area (Å²) < 4.78 is 10.9. The molecule has 3 nitrogen and oxygen atoms in total. The van der Waals surface area contributed by atoms with Crippen molar-refractivity contribution in [2.75, 3.05) is 13.2 Å². The SMILES string of the molecule is CC(CC(=O)OCC1CCCCO1)c1ccccc1. The van der Waals surface area contributed by atoms with Gasteiger partial charge in [-0.05, 0) is 30.7 Å². The van der Waals surface area contributed by atoms with Crippen LogP contribution in [0.5, 0.6) is 0 Å². The average Bonchev–Trinajstić information content (AvgIpc) is 2.47. The van der Waals surface area contributed by atoms with E-state index in [9.17, 15) is 4.79 Å². The summed E-state index contributed by atoms with van der Waals surface area (Å²) in [5.41, 5.74) is 1.17. The quantitative estimate of drug-likeness (QED) is 0.764. The van der Waals surface area contributed by atoms with E-state index < -0.39 is 0 Å². The van der Waals surface area contributed by atoms with E-state index in [1.807, 2.05) is 37.3 Å². The smallest absolute Gasteiger partial charge is 0.306 e. The Kier molecular flexibility index (Phi) is 5.40. The molecule has 0 aliphatic carbocycles. The zero-order valence-corrected chi connectivity index (χ0v) is 11.5. The first-order valence-electron chi connectivity index (χ1n) is 7.08. The summed E-state index contributed by atoms with van der Waals surface area (Å²) in [5, 5.41) is 0. The number of benzene rings is 1. The lowest BCUT2D eigenvalue weighted by molar-refractivity contribution is -0.149. The zero-order chi connectivity index (χ0) is 13.5. The molecule has 0 amide bonds. The molecule has 3 heteroatoms. The first-order chi connectivity index (χ1) is 9.25. The lowest BCUT2D eigenvalue weighted by atomic mass is 9.98. The van der Waals surface area contributed by atoms with Crippen LogP contribution in [-0.4, -0.2) is 25.3 Å². The molecule has 2 atom stereocenters. The van der Waals surface area contributed by atoms with Gasteiger partial charge < -0.3 is 9.47 Å². The Hall–Kier alpha value is -1.35. The maximum absolute atomic E-state index is 11.8. The third-order valence-corrected chi connectivity index (χ3v) is 3.55. The normalized spacial score (nSPS) is 20.8. The third kappa shape index (κ3) is 4.67. The molecule has 0 bridgehead atoms. The zero-order valence-electron chi connectivity index (χ0n) is 11.5. The van der Waals surface area contributed by atoms with Gasteiger partial charge in [-0.25, -0.2) is 0 Å². The molecule has 19 heavy (non-hydrogen) atoms. The predicted molar refractivity (Wildman–Crippen MR) is 74.0 cm³/mol. The van der Waals surface area contributed by atoms with Crippen molar-refractivity contribution in [3.8, 4) is 0 Å². The van der Waals surface area contributed by atoms with Crippen LogP contribution in [0.2, 0.25) is 0 Å². The maximum atomic E-state index is 11.8. The first kappa shape index (κ1) is 14.1. The Morgan fingerprint density at radius 2 is 2.16 bits per heavy atom. The number of carbonyl (C=O) groups excluding carboxylic acids is 1. The lowest BCUT2D eigenvalue weighted by Crippen LogP contribution is -2.26. The lowest BCUT2D eigenvalue weighted by Gasteiger charge is -2.22. The van der Waals surface area contributed by atoms with Crippen LogP contribution in [0, 0.1) is 0 Å². The predicted octanol–water partition coefficient (Wildman–Crippen LogP) is 3.29. The van der Waals surface area contributed by atoms with Gasteiger partial charge in [0.15, 0.2) is 0 Å². The summed E-state index contributed by atoms with van der Waals surface area (Å²) in [6.07, 6.45) is 3.82. The van der Waals surface area contributed by atoms with Crippen molar-refractivity contribution in [2.24, 2.45) is 0 Å². The second-order valence-electron chi connectivity index (χ2n) is 5.19. The molecule has 104 valence electrons. The summed E-state index contributed by atoms with van der Waals surface area (Å²) in [5.74, 6) is 0.0616. The Labute approximate surface area is 114 Å². The molecule has 1 saturated heterocycles. The largest absolute Gasteiger partial charge is 0.463 e. The van der Waals surface area contributed by atoms with E-state index >= 15 is 0 Å². The van der Waals surface area contributed by atoms with Gasteiger partial charge in [-0.1, -0.05) is 37.3 Å². The van der Waals surface area contributed by atoms with Crippen LogP contribution >= 0.6 is 0 Å². The van der Waals surface area contributed by atoms with Crippen LogP contribution < -0.4 is 0 Å². The Bertz CT molecular complexity index is 382. The second-order valence-corrected chi connectivity index (χ2v) is 5.19. The van der Waals surface area contributed by atoms with Crippen LogP contribution in [0.25, 0.3) is 0 Å². The van der Waals surface area contributed by atoms with E-state index in [2.05, 4.69) is 0 Å². The van der Waals surface area contributed by atoms with Gasteiger partial charge in [0.2, 0.25) is 0 Å². The highest BCUT2D eigenvalue weighted by molar-refractivity contribution is 5.70. The monoisotopic (exact) mass is 262 g/mol. The Balaban J connectivity index is 1.71. The fourth-order valence-corrected chi connectivity index (χ4v) is 2.33. The highest BCUT2D eigenvalue weighted by Crippen LogP contribution is 2.19. The molecule has 1 heterocycles. The number of ether oxygens (including phenoxy) is 2. The van der Waals surface area contributed by atoms with E-state index in [1.165, 1.54) is 12.0 Å². The molecule has 1 fully saturated rings. The number of hydrogen-bond acceptors (Lipinski definition) is 3. The molecule has 0 spiro atoms. The molecule has 1 aromatic rings. The van der Waals surface area contributed by atoms with Crippen LogP contribution in [0.3, 0.4) is 0 Å². The van der Waals surface area contributed by atoms with Crippen molar-refractivity contribution in [3.63, 3.8) is 0 Å². The first-order valence-corrected chi connectivity index (χ1v) is 7.08. The van der Waals surface area contributed by atoms with E-state index in [1.54, 1.807) is 0 Å². The number of esters is 1. The Morgan fingerprint density at radius 1 is 1.37 bits per heavy atom. The number of rotatable bonds is 5. The van der Waals surface area contributed by atoms with Gasteiger partial charge in [-0.15, -0.1) is 0 Å². The van der Waals surface area contributed by atoms with Gasteiger partial charge in [0, 0.05) is 6.61 Å². The third-order valence-electron chi connectivity index (χ3n) is 3.55. The summed E-state index contributed by atoms with van der Waals surface area (Å²) in [6.45, 7) is 3.25. The molecule has 1 aromatic carbocycles. The minimum absolute atomic E-state index is 0.102. The van der Waals surface area contributed by atoms with Gasteiger partial charge >= 0.3 is 5.97 Å². The highest BCUT2D eigenvalue weighted by atomic mass is 16.6. The number of carbonyl (C=O) groups is 1. The van der Waals surface area contributed by atoms with E-state index in [0.717, 1.165) is 19.4 Å². The van der Waals surface area contributed by atoms with E-state index in [4.69, 9.17) is 9.47 Å². The van der Waals surface area contributed by atoms with Gasteiger partial charge in [-0.3, -0.25) is 4.79 Å². The van der Waals surface area contributed by atoms with Crippen molar-refractivity contribution >= 4 is 5.97 Å². The van der Waals surface area contributed by atoms with Crippen molar-refractivity contribution < 1.29 is 14.3 Å². The fourth-order valence-electron chi connectivity index (χ4n) is 2.33. The molecule has 1 aliphatic heterocycles. The van der Waals surface area contributed by atoms with Gasteiger partial charge in [0.25, 0.3) is 0 Å². The Morgan fingerprint density at radius 3 is 2.84 bits per heavy atom. The van der Waals surface area contributed by atoms with Crippen molar-refractivity contribution in [1.29, 1.82) is 0 Å². The van der Waals surface area contributed by atoms with Crippen molar-refractivity contribution in [2.45, 2.75) is 44.6 Å². The highest BCUT2D eigenvalue weighted by Gasteiger charge is 2.17. The number of hydrogen-bond donors (Lipinski definition) is 0. The summed E-state index contributed by atoms with van der Waals surface area (Å²) in [4.78, 5) is 11.8. The summed E-state index contributed by atoms with van der Waals surface area (Å²) in [7, 11) is 0. The van der Waals surface area contributed by atoms with Crippen LogP contribution in [0.1, 0.15) is 44.1 Å². The summed E-state index contributed by atoms with van der Waals surface area (Å²) in [6, 6.07) is 10.1. The summed E-state index contributed by atoms with van der Waals surface area (Å²) >= 11 is 0.